The van der Waals surface area contributed by atoms with Crippen molar-refractivity contribution in [1.82, 2.24) is 15.2 Å². The molecule has 0 spiro atoms. The molecule has 220 valence electrons. The normalized spacial score (nSPS) is 17.1. The van der Waals surface area contributed by atoms with Crippen LogP contribution in [0.4, 0.5) is 11.4 Å². The van der Waals surface area contributed by atoms with Crippen molar-refractivity contribution in [2.45, 2.75) is 78.4 Å². The number of benzene rings is 1. The first-order valence-electron chi connectivity index (χ1n) is 14.5. The summed E-state index contributed by atoms with van der Waals surface area (Å²) in [6.45, 7) is 10.6. The van der Waals surface area contributed by atoms with Gasteiger partial charge in [-0.15, -0.1) is 0 Å². The number of likely N-dealkylation sites (N-methyl/N-ethyl adjacent to an activating group) is 1. The molecule has 0 aliphatic heterocycles. The van der Waals surface area contributed by atoms with Gasteiger partial charge in [-0.05, 0) is 83.2 Å². The number of methoxy groups -OCH3 is 1. The molecular weight excluding hydrogens is 504 g/mol. The molecular formula is C31H48N6O3. The summed E-state index contributed by atoms with van der Waals surface area (Å²) in [5.74, 6) is -0.218. The van der Waals surface area contributed by atoms with E-state index in [1.807, 2.05) is 33.0 Å². The lowest BCUT2D eigenvalue weighted by Gasteiger charge is -2.42. The monoisotopic (exact) mass is 552 g/mol. The molecule has 1 saturated carbocycles. The number of ether oxygens (including phenoxy) is 1. The summed E-state index contributed by atoms with van der Waals surface area (Å²) >= 11 is 0. The number of aromatic amines is 1. The fraction of sp³-hybridized carbons (Fsp3) is 0.581. The quantitative estimate of drug-likeness (QED) is 0.277. The summed E-state index contributed by atoms with van der Waals surface area (Å²) in [7, 11) is 5.75. The average molecular weight is 553 g/mol. The van der Waals surface area contributed by atoms with E-state index in [9.17, 15) is 9.59 Å². The van der Waals surface area contributed by atoms with Crippen LogP contribution in [0.3, 0.4) is 0 Å². The third kappa shape index (κ3) is 6.93. The molecule has 1 aromatic carbocycles. The molecule has 1 aliphatic carbocycles. The zero-order chi connectivity index (χ0) is 29.4. The first-order chi connectivity index (χ1) is 19.2. The van der Waals surface area contributed by atoms with Crippen LogP contribution < -0.4 is 21.1 Å². The van der Waals surface area contributed by atoms with E-state index in [0.29, 0.717) is 29.6 Å². The molecule has 3 rings (SSSR count). The van der Waals surface area contributed by atoms with E-state index in [-0.39, 0.29) is 18.0 Å². The number of nitrogens with one attached hydrogen (secondary N) is 4. The number of nitrogens with zero attached hydrogens (tertiary/aromatic N) is 2. The Hall–Kier alpha value is -3.17. The van der Waals surface area contributed by atoms with Crippen LogP contribution in [0.25, 0.3) is 0 Å². The van der Waals surface area contributed by atoms with Crippen molar-refractivity contribution in [3.63, 3.8) is 0 Å². The van der Waals surface area contributed by atoms with Crippen LogP contribution in [0.2, 0.25) is 0 Å². The smallest absolute Gasteiger partial charge is 0.253 e. The van der Waals surface area contributed by atoms with E-state index >= 15 is 0 Å². The summed E-state index contributed by atoms with van der Waals surface area (Å²) < 4.78 is 5.27. The Morgan fingerprint density at radius 1 is 1.15 bits per heavy atom. The Labute approximate surface area is 239 Å². The van der Waals surface area contributed by atoms with Crippen LogP contribution in [-0.2, 0) is 17.7 Å². The molecule has 1 amide bonds. The fourth-order valence-corrected chi connectivity index (χ4v) is 6.16. The summed E-state index contributed by atoms with van der Waals surface area (Å²) in [4.78, 5) is 33.8. The van der Waals surface area contributed by atoms with E-state index in [0.717, 1.165) is 79.1 Å². The van der Waals surface area contributed by atoms with Gasteiger partial charge in [0, 0.05) is 80.2 Å². The number of carbonyl (C=O) groups is 1. The molecule has 9 nitrogen and oxygen atoms in total. The second-order valence-electron chi connectivity index (χ2n) is 10.8. The molecule has 2 aromatic rings. The van der Waals surface area contributed by atoms with Crippen molar-refractivity contribution >= 4 is 23.5 Å². The molecule has 40 heavy (non-hydrogen) atoms. The topological polar surface area (TPSA) is 114 Å². The number of amides is 1. The van der Waals surface area contributed by atoms with Gasteiger partial charge in [0.2, 0.25) is 0 Å². The third-order valence-corrected chi connectivity index (χ3v) is 8.38. The Morgan fingerprint density at radius 2 is 1.82 bits per heavy atom. The summed E-state index contributed by atoms with van der Waals surface area (Å²) in [6, 6.07) is 4.63. The van der Waals surface area contributed by atoms with E-state index in [1.165, 1.54) is 6.21 Å². The summed E-state index contributed by atoms with van der Waals surface area (Å²) in [5.41, 5.74) is 6.09. The molecule has 9 heteroatoms. The van der Waals surface area contributed by atoms with Crippen LogP contribution >= 0.6 is 0 Å². The molecule has 0 bridgehead atoms. The number of rotatable bonds is 13. The van der Waals surface area contributed by atoms with E-state index in [1.54, 1.807) is 7.11 Å². The second kappa shape index (κ2) is 14.5. The van der Waals surface area contributed by atoms with Gasteiger partial charge >= 0.3 is 0 Å². The van der Waals surface area contributed by atoms with Crippen molar-refractivity contribution in [3.05, 3.63) is 56.0 Å². The maximum absolute atomic E-state index is 13.7. The lowest BCUT2D eigenvalue weighted by molar-refractivity contribution is 0.0950. The largest absolute Gasteiger partial charge is 0.388 e. The van der Waals surface area contributed by atoms with Gasteiger partial charge < -0.3 is 35.6 Å². The van der Waals surface area contributed by atoms with Gasteiger partial charge in [-0.2, -0.15) is 0 Å². The minimum absolute atomic E-state index is 0.151. The molecule has 0 atom stereocenters. The second-order valence-corrected chi connectivity index (χ2v) is 10.8. The highest BCUT2D eigenvalue weighted by atomic mass is 16.5. The van der Waals surface area contributed by atoms with Gasteiger partial charge in [-0.25, -0.2) is 0 Å². The number of anilines is 2. The molecule has 1 aromatic heterocycles. The first kappa shape index (κ1) is 31.4. The van der Waals surface area contributed by atoms with Gasteiger partial charge in [0.1, 0.15) is 0 Å². The molecule has 1 aliphatic rings. The number of aryl methyl sites for hydroxylation is 2. The Balaban J connectivity index is 1.94. The van der Waals surface area contributed by atoms with E-state index < -0.39 is 0 Å². The molecule has 0 saturated heterocycles. The van der Waals surface area contributed by atoms with Gasteiger partial charge in [0.05, 0.1) is 12.3 Å². The SMILES string of the molecule is CCc1c(C(=O)NCc2c(C)cc(C)[nH]c2=O)cc(NC)c(C=N)c1N(CC)C1CCC(N(C)CCOC)CC1. The zero-order valence-electron chi connectivity index (χ0n) is 25.4. The minimum Gasteiger partial charge on any atom is -0.388 e. The van der Waals surface area contributed by atoms with Crippen molar-refractivity contribution < 1.29 is 9.53 Å². The van der Waals surface area contributed by atoms with Crippen LogP contribution in [-0.4, -0.2) is 75.0 Å². The highest BCUT2D eigenvalue weighted by molar-refractivity contribution is 6.04. The van der Waals surface area contributed by atoms with E-state index in [4.69, 9.17) is 10.1 Å². The zero-order valence-corrected chi connectivity index (χ0v) is 25.4. The third-order valence-electron chi connectivity index (χ3n) is 8.38. The van der Waals surface area contributed by atoms with Gasteiger partial charge in [-0.1, -0.05) is 6.92 Å². The lowest BCUT2D eigenvalue weighted by Crippen LogP contribution is -2.44. The summed E-state index contributed by atoms with van der Waals surface area (Å²) in [5, 5.41) is 14.5. The van der Waals surface area contributed by atoms with Crippen LogP contribution in [0.15, 0.2) is 16.9 Å². The van der Waals surface area contributed by atoms with Crippen molar-refractivity contribution in [2.24, 2.45) is 0 Å². The molecule has 4 N–H and O–H groups in total. The Kier molecular flexibility index (Phi) is 11.3. The number of hydrogen-bond acceptors (Lipinski definition) is 7. The highest BCUT2D eigenvalue weighted by Gasteiger charge is 2.31. The number of H-pyrrole nitrogens is 1. The first-order valence-corrected chi connectivity index (χ1v) is 14.5. The van der Waals surface area contributed by atoms with Crippen LogP contribution in [0, 0.1) is 19.3 Å². The maximum Gasteiger partial charge on any atom is 0.253 e. The highest BCUT2D eigenvalue weighted by Crippen LogP contribution is 2.38. The van der Waals surface area contributed by atoms with Crippen molar-refractivity contribution in [3.8, 4) is 0 Å². The predicted octanol–water partition coefficient (Wildman–Crippen LogP) is 4.24. The van der Waals surface area contributed by atoms with Crippen molar-refractivity contribution in [1.29, 1.82) is 5.41 Å². The Bertz CT molecular complexity index is 1230. The molecule has 1 heterocycles. The molecule has 0 unspecified atom stereocenters. The van der Waals surface area contributed by atoms with Gasteiger partial charge in [-0.3, -0.25) is 9.59 Å². The molecule has 0 radical (unpaired) electrons. The standard InChI is InChI=1S/C31H48N6O3/c1-8-24-25(30(38)34-19-27-20(3)16-21(4)35-31(27)39)17-28(33-5)26(18-32)29(24)37(9-2)23-12-10-22(11-13-23)36(6)14-15-40-7/h16-18,22-23,32-33H,8-15,19H2,1-7H3,(H,34,38)(H,35,39). The molecule has 1 fully saturated rings. The number of pyridine rings is 1. The summed E-state index contributed by atoms with van der Waals surface area (Å²) in [6.07, 6.45) is 6.37. The minimum atomic E-state index is -0.218. The predicted molar refractivity (Wildman–Crippen MR) is 165 cm³/mol. The van der Waals surface area contributed by atoms with Crippen LogP contribution in [0.5, 0.6) is 0 Å². The number of aromatic nitrogens is 1. The van der Waals surface area contributed by atoms with Crippen molar-refractivity contribution in [2.75, 3.05) is 51.1 Å². The fourth-order valence-electron chi connectivity index (χ4n) is 6.16. The number of hydrogen-bond donors (Lipinski definition) is 4. The lowest BCUT2D eigenvalue weighted by atomic mass is 9.87. The Morgan fingerprint density at radius 3 is 2.38 bits per heavy atom. The van der Waals surface area contributed by atoms with Crippen LogP contribution in [0.1, 0.15) is 77.8 Å². The average Bonchev–Trinajstić information content (AvgIpc) is 2.95. The van der Waals surface area contributed by atoms with Gasteiger partial charge in [0.25, 0.3) is 11.5 Å². The number of carbonyl (C=O) groups excluding carboxylic acids is 1. The van der Waals surface area contributed by atoms with E-state index in [2.05, 4.69) is 46.3 Å². The van der Waals surface area contributed by atoms with Gasteiger partial charge in [0.15, 0.2) is 0 Å². The maximum atomic E-state index is 13.7.